The normalized spacial score (nSPS) is 22.2. The van der Waals surface area contributed by atoms with Gasteiger partial charge in [0.15, 0.2) is 0 Å². The van der Waals surface area contributed by atoms with E-state index in [2.05, 4.69) is 10.6 Å². The van der Waals surface area contributed by atoms with Crippen molar-refractivity contribution in [1.82, 2.24) is 10.6 Å². The summed E-state index contributed by atoms with van der Waals surface area (Å²) in [6.07, 6.45) is 2.49. The van der Waals surface area contributed by atoms with Crippen LogP contribution in [0.15, 0.2) is 48.5 Å². The third-order valence-corrected chi connectivity index (χ3v) is 8.00. The maximum absolute atomic E-state index is 12.9. The first kappa shape index (κ1) is 23.4. The molecule has 2 aromatic rings. The molecule has 2 saturated carbocycles. The topological polar surface area (TPSA) is 114 Å². The molecule has 2 amide bonds. The molecule has 1 spiro atoms. The molecule has 8 nitrogen and oxygen atoms in total. The van der Waals surface area contributed by atoms with Gasteiger partial charge in [-0.3, -0.25) is 9.59 Å². The van der Waals surface area contributed by atoms with Crippen LogP contribution in [-0.2, 0) is 19.1 Å². The van der Waals surface area contributed by atoms with Crippen molar-refractivity contribution in [2.75, 3.05) is 13.7 Å². The van der Waals surface area contributed by atoms with Gasteiger partial charge in [-0.15, -0.1) is 0 Å². The van der Waals surface area contributed by atoms with Gasteiger partial charge < -0.3 is 25.2 Å². The Morgan fingerprint density at radius 3 is 2.23 bits per heavy atom. The van der Waals surface area contributed by atoms with Crippen LogP contribution in [0.2, 0.25) is 0 Å². The van der Waals surface area contributed by atoms with E-state index in [0.717, 1.165) is 41.5 Å². The number of fused-ring (bicyclic) bond motifs is 3. The predicted molar refractivity (Wildman–Crippen MR) is 128 cm³/mol. The molecule has 3 atom stereocenters. The molecule has 0 bridgehead atoms. The van der Waals surface area contributed by atoms with Gasteiger partial charge in [0.05, 0.1) is 12.5 Å². The summed E-state index contributed by atoms with van der Waals surface area (Å²) in [4.78, 5) is 37.0. The highest BCUT2D eigenvalue weighted by Crippen LogP contribution is 2.57. The fourth-order valence-corrected chi connectivity index (χ4v) is 5.97. The summed E-state index contributed by atoms with van der Waals surface area (Å²) < 4.78 is 11.1. The Bertz CT molecular complexity index is 1100. The average Bonchev–Trinajstić information content (AvgIpc) is 3.12. The highest BCUT2D eigenvalue weighted by molar-refractivity contribution is 5.89. The summed E-state index contributed by atoms with van der Waals surface area (Å²) in [5.74, 6) is -1.81. The number of rotatable bonds is 8. The van der Waals surface area contributed by atoms with E-state index in [0.29, 0.717) is 6.42 Å². The fraction of sp³-hybridized carbons (Fsp3) is 0.444. The number of benzene rings is 2. The molecule has 3 unspecified atom stereocenters. The first-order valence-corrected chi connectivity index (χ1v) is 12.1. The quantitative estimate of drug-likeness (QED) is 0.536. The Kier molecular flexibility index (Phi) is 6.23. The first-order chi connectivity index (χ1) is 16.9. The van der Waals surface area contributed by atoms with Gasteiger partial charge in [0.25, 0.3) is 0 Å². The lowest BCUT2D eigenvalue weighted by atomic mass is 9.51. The van der Waals surface area contributed by atoms with Gasteiger partial charge in [-0.2, -0.15) is 0 Å². The zero-order valence-corrected chi connectivity index (χ0v) is 19.7. The number of alkyl carbamates (subject to hydrolysis) is 1. The van der Waals surface area contributed by atoms with Crippen LogP contribution in [0.4, 0.5) is 4.79 Å². The molecule has 2 fully saturated rings. The van der Waals surface area contributed by atoms with Crippen LogP contribution >= 0.6 is 0 Å². The Balaban J connectivity index is 1.22. The predicted octanol–water partition coefficient (Wildman–Crippen LogP) is 3.44. The van der Waals surface area contributed by atoms with E-state index in [-0.39, 0.29) is 30.1 Å². The third-order valence-electron chi connectivity index (χ3n) is 8.00. The molecule has 0 radical (unpaired) electrons. The highest BCUT2D eigenvalue weighted by atomic mass is 16.5. The number of hydrogen-bond donors (Lipinski definition) is 3. The van der Waals surface area contributed by atoms with Crippen molar-refractivity contribution in [2.24, 2.45) is 5.41 Å². The molecule has 5 rings (SSSR count). The highest BCUT2D eigenvalue weighted by Gasteiger charge is 2.59. The van der Waals surface area contributed by atoms with E-state index in [9.17, 15) is 19.5 Å². The molecular formula is C27H30N2O6. The number of methoxy groups -OCH3 is 1. The van der Waals surface area contributed by atoms with E-state index in [1.54, 1.807) is 7.11 Å². The number of hydrogen-bond acceptors (Lipinski definition) is 5. The summed E-state index contributed by atoms with van der Waals surface area (Å²) in [6, 6.07) is 14.7. The van der Waals surface area contributed by atoms with Gasteiger partial charge >= 0.3 is 12.1 Å². The van der Waals surface area contributed by atoms with Crippen LogP contribution in [0.25, 0.3) is 11.1 Å². The summed E-state index contributed by atoms with van der Waals surface area (Å²) >= 11 is 0. The summed E-state index contributed by atoms with van der Waals surface area (Å²) in [7, 11) is 1.68. The van der Waals surface area contributed by atoms with E-state index < -0.39 is 30.4 Å². The van der Waals surface area contributed by atoms with Crippen LogP contribution in [0.1, 0.15) is 49.1 Å². The minimum absolute atomic E-state index is 0.0675. The van der Waals surface area contributed by atoms with Gasteiger partial charge in [-0.1, -0.05) is 55.0 Å². The lowest BCUT2D eigenvalue weighted by molar-refractivity contribution is -0.167. The number of ether oxygens (including phenoxy) is 2. The largest absolute Gasteiger partial charge is 0.481 e. The van der Waals surface area contributed by atoms with Crippen LogP contribution in [0, 0.1) is 5.41 Å². The lowest BCUT2D eigenvalue weighted by Gasteiger charge is -2.60. The zero-order chi connectivity index (χ0) is 24.6. The van der Waals surface area contributed by atoms with Crippen LogP contribution in [0.5, 0.6) is 0 Å². The minimum atomic E-state index is -1.22. The van der Waals surface area contributed by atoms with Gasteiger partial charge in [0, 0.05) is 24.5 Å². The lowest BCUT2D eigenvalue weighted by Crippen LogP contribution is -2.68. The zero-order valence-electron chi connectivity index (χ0n) is 19.7. The summed E-state index contributed by atoms with van der Waals surface area (Å²) in [6.45, 7) is 0.0858. The second kappa shape index (κ2) is 9.34. The van der Waals surface area contributed by atoms with Gasteiger partial charge in [0.1, 0.15) is 12.6 Å². The van der Waals surface area contributed by atoms with Crippen molar-refractivity contribution in [3.8, 4) is 11.1 Å². The smallest absolute Gasteiger partial charge is 0.407 e. The number of carbonyl (C=O) groups excluding carboxylic acids is 2. The van der Waals surface area contributed by atoms with E-state index in [1.165, 1.54) is 0 Å². The second-order valence-corrected chi connectivity index (χ2v) is 9.73. The Morgan fingerprint density at radius 2 is 1.69 bits per heavy atom. The van der Waals surface area contributed by atoms with E-state index >= 15 is 0 Å². The molecule has 35 heavy (non-hydrogen) atoms. The van der Waals surface area contributed by atoms with E-state index in [1.807, 2.05) is 48.5 Å². The molecule has 0 saturated heterocycles. The Labute approximate surface area is 204 Å². The maximum atomic E-state index is 12.9. The van der Waals surface area contributed by atoms with Crippen LogP contribution < -0.4 is 10.6 Å². The van der Waals surface area contributed by atoms with Crippen molar-refractivity contribution in [2.45, 2.75) is 56.2 Å². The van der Waals surface area contributed by atoms with E-state index in [4.69, 9.17) is 9.47 Å². The molecule has 8 heteroatoms. The monoisotopic (exact) mass is 478 g/mol. The van der Waals surface area contributed by atoms with Crippen molar-refractivity contribution in [1.29, 1.82) is 0 Å². The van der Waals surface area contributed by atoms with Crippen LogP contribution in [-0.4, -0.2) is 55.0 Å². The first-order valence-electron chi connectivity index (χ1n) is 12.1. The van der Waals surface area contributed by atoms with Gasteiger partial charge in [-0.25, -0.2) is 4.79 Å². The molecule has 2 aromatic carbocycles. The molecule has 0 aliphatic heterocycles. The molecule has 0 heterocycles. The molecule has 3 aliphatic rings. The number of aliphatic carboxylic acids is 1. The molecule has 3 N–H and O–H groups in total. The molecule has 3 aliphatic carbocycles. The molecule has 0 aromatic heterocycles. The van der Waals surface area contributed by atoms with Crippen molar-refractivity contribution < 1.29 is 29.0 Å². The number of amides is 2. The number of carbonyl (C=O) groups is 3. The SMILES string of the molecule is COC1CC(NC(=O)C(CC(=O)O)NC(=O)OCC2c3ccccc3-c3ccccc32)C12CCC2. The van der Waals surface area contributed by atoms with Gasteiger partial charge in [0.2, 0.25) is 5.91 Å². The summed E-state index contributed by atoms with van der Waals surface area (Å²) in [5.41, 5.74) is 4.30. The Morgan fingerprint density at radius 1 is 1.06 bits per heavy atom. The number of nitrogens with one attached hydrogen (secondary N) is 2. The summed E-state index contributed by atoms with van der Waals surface area (Å²) in [5, 5.41) is 14.8. The molecular weight excluding hydrogens is 448 g/mol. The number of carboxylic acids is 1. The van der Waals surface area contributed by atoms with Crippen molar-refractivity contribution in [3.63, 3.8) is 0 Å². The average molecular weight is 479 g/mol. The second-order valence-electron chi connectivity index (χ2n) is 9.73. The number of carboxylic acid groups (broad SMARTS) is 1. The third kappa shape index (κ3) is 4.16. The Hall–Kier alpha value is -3.39. The van der Waals surface area contributed by atoms with Crippen molar-refractivity contribution in [3.05, 3.63) is 59.7 Å². The molecule has 184 valence electrons. The maximum Gasteiger partial charge on any atom is 0.407 e. The van der Waals surface area contributed by atoms with Gasteiger partial charge in [-0.05, 0) is 41.5 Å². The standard InChI is InChI=1S/C27H30N2O6/c1-34-23-14-22(27(23)11-6-12-27)29-25(32)21(13-24(30)31)28-26(33)35-15-20-18-9-4-2-7-16(18)17-8-3-5-10-19(17)20/h2-5,7-10,20-23H,6,11-15H2,1H3,(H,28,33)(H,29,32)(H,30,31). The van der Waals surface area contributed by atoms with Crippen molar-refractivity contribution >= 4 is 18.0 Å². The minimum Gasteiger partial charge on any atom is -0.481 e. The van der Waals surface area contributed by atoms with Crippen LogP contribution in [0.3, 0.4) is 0 Å². The fourth-order valence-electron chi connectivity index (χ4n) is 5.97.